The third kappa shape index (κ3) is 3.56. The van der Waals surface area contributed by atoms with Crippen molar-refractivity contribution in [1.29, 1.82) is 0 Å². The second-order valence-electron chi connectivity index (χ2n) is 5.75. The largest absolute Gasteiger partial charge is 0.339 e. The molecule has 0 aromatic carbocycles. The van der Waals surface area contributed by atoms with Crippen LogP contribution in [0.25, 0.3) is 0 Å². The van der Waals surface area contributed by atoms with E-state index in [-0.39, 0.29) is 0 Å². The lowest BCUT2D eigenvalue weighted by Gasteiger charge is -2.31. The Bertz CT molecular complexity index is 203. The van der Waals surface area contributed by atoms with Crippen molar-refractivity contribution < 1.29 is 0 Å². The van der Waals surface area contributed by atoms with Gasteiger partial charge in [0.05, 0.1) is 0 Å². The zero-order chi connectivity index (χ0) is 10.8. The summed E-state index contributed by atoms with van der Waals surface area (Å²) < 4.78 is 0. The molecule has 0 spiro atoms. The molecule has 1 aliphatic heterocycles. The maximum atomic E-state index is 4.13. The van der Waals surface area contributed by atoms with Crippen molar-refractivity contribution in [2.24, 2.45) is 16.4 Å². The van der Waals surface area contributed by atoms with Gasteiger partial charge in [0.2, 0.25) is 0 Å². The first kappa shape index (κ1) is 11.3. The predicted molar refractivity (Wildman–Crippen MR) is 61.0 cm³/mol. The van der Waals surface area contributed by atoms with Crippen LogP contribution in [0.2, 0.25) is 0 Å². The van der Waals surface area contributed by atoms with E-state index in [4.69, 9.17) is 0 Å². The van der Waals surface area contributed by atoms with Gasteiger partial charge >= 0.3 is 0 Å². The minimum Gasteiger partial charge on any atom is -0.339 e. The summed E-state index contributed by atoms with van der Waals surface area (Å²) in [5.41, 5.74) is 3.48. The molecule has 1 rings (SSSR count). The summed E-state index contributed by atoms with van der Waals surface area (Å²) in [4.78, 5) is 2.31. The molecule has 0 fully saturated rings. The predicted octanol–water partition coefficient (Wildman–Crippen LogP) is 2.25. The van der Waals surface area contributed by atoms with E-state index in [1.165, 1.54) is 0 Å². The lowest BCUT2D eigenvalue weighted by molar-refractivity contribution is 0.201. The minimum atomic E-state index is 0.327. The Hall–Kier alpha value is -0.730. The van der Waals surface area contributed by atoms with Crippen LogP contribution in [0.4, 0.5) is 0 Å². The maximum Gasteiger partial charge on any atom is 0.116 e. The fourth-order valence-electron chi connectivity index (χ4n) is 1.68. The summed E-state index contributed by atoms with van der Waals surface area (Å²) in [6.07, 6.45) is 3.48. The molecule has 1 heterocycles. The van der Waals surface area contributed by atoms with E-state index in [1.807, 2.05) is 6.34 Å². The zero-order valence-electron chi connectivity index (χ0n) is 10.0. The van der Waals surface area contributed by atoms with E-state index in [2.05, 4.69) is 50.0 Å². The van der Waals surface area contributed by atoms with Crippen molar-refractivity contribution >= 4 is 6.34 Å². The Balaban J connectivity index is 2.46. The summed E-state index contributed by atoms with van der Waals surface area (Å²) in [6.45, 7) is 12.3. The first-order chi connectivity index (χ1) is 6.38. The molecule has 3 nitrogen and oxygen atoms in total. The van der Waals surface area contributed by atoms with E-state index >= 15 is 0 Å². The molecule has 0 bridgehead atoms. The molecule has 0 aromatic rings. The number of hydrogen-bond donors (Lipinski definition) is 1. The standard InChI is InChI=1S/C11H23N3/c1-9(2)6-10-13-12-8-14(10)7-11(3,4)5/h8-10,13H,6-7H2,1-5H3. The fourth-order valence-corrected chi connectivity index (χ4v) is 1.68. The number of hydrogen-bond acceptors (Lipinski definition) is 3. The van der Waals surface area contributed by atoms with E-state index in [1.54, 1.807) is 0 Å². The Morgan fingerprint density at radius 3 is 2.57 bits per heavy atom. The van der Waals surface area contributed by atoms with Crippen molar-refractivity contribution in [2.75, 3.05) is 6.54 Å². The van der Waals surface area contributed by atoms with Crippen LogP contribution in [0, 0.1) is 11.3 Å². The van der Waals surface area contributed by atoms with E-state index in [9.17, 15) is 0 Å². The molecule has 3 heteroatoms. The zero-order valence-corrected chi connectivity index (χ0v) is 10.0. The number of nitrogens with zero attached hydrogens (tertiary/aromatic N) is 2. The molecule has 0 amide bonds. The molecule has 1 unspecified atom stereocenters. The Kier molecular flexibility index (Phi) is 3.40. The van der Waals surface area contributed by atoms with Gasteiger partial charge in [-0.2, -0.15) is 5.10 Å². The van der Waals surface area contributed by atoms with Gasteiger partial charge in [0, 0.05) is 6.54 Å². The van der Waals surface area contributed by atoms with Crippen LogP contribution in [0.5, 0.6) is 0 Å². The van der Waals surface area contributed by atoms with Crippen molar-refractivity contribution in [3.05, 3.63) is 0 Å². The van der Waals surface area contributed by atoms with Crippen LogP contribution in [0.1, 0.15) is 41.0 Å². The van der Waals surface area contributed by atoms with Gasteiger partial charge in [-0.3, -0.25) is 5.43 Å². The second-order valence-corrected chi connectivity index (χ2v) is 5.75. The van der Waals surface area contributed by atoms with Crippen molar-refractivity contribution in [3.63, 3.8) is 0 Å². The Morgan fingerprint density at radius 2 is 2.07 bits per heavy atom. The molecule has 0 saturated heterocycles. The smallest absolute Gasteiger partial charge is 0.116 e. The third-order valence-corrected chi connectivity index (χ3v) is 2.18. The van der Waals surface area contributed by atoms with Crippen LogP contribution in [0.15, 0.2) is 5.10 Å². The van der Waals surface area contributed by atoms with E-state index in [0.29, 0.717) is 17.5 Å². The van der Waals surface area contributed by atoms with Crippen LogP contribution in [0.3, 0.4) is 0 Å². The van der Waals surface area contributed by atoms with Gasteiger partial charge < -0.3 is 4.90 Å². The Labute approximate surface area is 87.6 Å². The highest BCUT2D eigenvalue weighted by Crippen LogP contribution is 2.19. The fraction of sp³-hybridized carbons (Fsp3) is 0.909. The number of rotatable bonds is 3. The van der Waals surface area contributed by atoms with Crippen molar-refractivity contribution in [1.82, 2.24) is 10.3 Å². The summed E-state index contributed by atoms with van der Waals surface area (Å²) in [5, 5.41) is 4.13. The average molecular weight is 197 g/mol. The molecule has 14 heavy (non-hydrogen) atoms. The molecular weight excluding hydrogens is 174 g/mol. The Morgan fingerprint density at radius 1 is 1.43 bits per heavy atom. The topological polar surface area (TPSA) is 27.6 Å². The molecule has 0 saturated carbocycles. The molecular formula is C11H23N3. The highest BCUT2D eigenvalue weighted by atomic mass is 15.5. The van der Waals surface area contributed by atoms with E-state index < -0.39 is 0 Å². The van der Waals surface area contributed by atoms with Crippen molar-refractivity contribution in [2.45, 2.75) is 47.2 Å². The highest BCUT2D eigenvalue weighted by Gasteiger charge is 2.24. The number of nitrogens with one attached hydrogen (secondary N) is 1. The van der Waals surface area contributed by atoms with Crippen LogP contribution < -0.4 is 5.43 Å². The normalized spacial score (nSPS) is 21.9. The summed E-state index contributed by atoms with van der Waals surface area (Å²) >= 11 is 0. The van der Waals surface area contributed by atoms with E-state index in [0.717, 1.165) is 13.0 Å². The first-order valence-corrected chi connectivity index (χ1v) is 5.43. The van der Waals surface area contributed by atoms with Gasteiger partial charge in [0.25, 0.3) is 0 Å². The van der Waals surface area contributed by atoms with Gasteiger partial charge in [-0.25, -0.2) is 0 Å². The third-order valence-electron chi connectivity index (χ3n) is 2.18. The molecule has 1 aliphatic rings. The van der Waals surface area contributed by atoms with Gasteiger partial charge in [-0.1, -0.05) is 34.6 Å². The quantitative estimate of drug-likeness (QED) is 0.751. The molecule has 0 aromatic heterocycles. The monoisotopic (exact) mass is 197 g/mol. The van der Waals surface area contributed by atoms with Crippen LogP contribution in [-0.2, 0) is 0 Å². The lowest BCUT2D eigenvalue weighted by Crippen LogP contribution is -2.42. The maximum absolute atomic E-state index is 4.13. The first-order valence-electron chi connectivity index (χ1n) is 5.43. The van der Waals surface area contributed by atoms with Gasteiger partial charge in [-0.05, 0) is 17.8 Å². The molecule has 0 radical (unpaired) electrons. The van der Waals surface area contributed by atoms with Crippen molar-refractivity contribution in [3.8, 4) is 0 Å². The summed E-state index contributed by atoms with van der Waals surface area (Å²) in [5.74, 6) is 0.705. The van der Waals surface area contributed by atoms with Gasteiger partial charge in [0.1, 0.15) is 12.5 Å². The SMILES string of the molecule is CC(C)CC1NN=CN1CC(C)(C)C. The molecule has 82 valence electrons. The van der Waals surface area contributed by atoms with Gasteiger partial charge in [-0.15, -0.1) is 0 Å². The van der Waals surface area contributed by atoms with Crippen LogP contribution in [-0.4, -0.2) is 23.9 Å². The second kappa shape index (κ2) is 4.20. The molecule has 1 N–H and O–H groups in total. The summed E-state index contributed by atoms with van der Waals surface area (Å²) in [7, 11) is 0. The van der Waals surface area contributed by atoms with Gasteiger partial charge in [0.15, 0.2) is 0 Å². The highest BCUT2D eigenvalue weighted by molar-refractivity contribution is 5.57. The molecule has 1 atom stereocenters. The summed E-state index contributed by atoms with van der Waals surface area (Å²) in [6, 6.07) is 0. The minimum absolute atomic E-state index is 0.327. The number of hydrazone groups is 1. The molecule has 0 aliphatic carbocycles. The average Bonchev–Trinajstić information content (AvgIpc) is 2.32. The lowest BCUT2D eigenvalue weighted by atomic mass is 9.95. The van der Waals surface area contributed by atoms with Crippen LogP contribution >= 0.6 is 0 Å².